The van der Waals surface area contributed by atoms with E-state index in [9.17, 15) is 9.59 Å². The Labute approximate surface area is 186 Å². The number of unbranched alkanes of at least 4 members (excludes halogenated alkanes) is 1. The molecule has 3 fully saturated rings. The van der Waals surface area contributed by atoms with E-state index in [2.05, 4.69) is 26.5 Å². The van der Waals surface area contributed by atoms with Gasteiger partial charge in [-0.2, -0.15) is 0 Å². The van der Waals surface area contributed by atoms with Gasteiger partial charge >= 0.3 is 12.1 Å². The minimum Gasteiger partial charge on any atom is -0.481 e. The summed E-state index contributed by atoms with van der Waals surface area (Å²) in [6.45, 7) is 15.7. The normalized spacial score (nSPS) is 24.6. The van der Waals surface area contributed by atoms with Crippen molar-refractivity contribution in [2.24, 2.45) is 0 Å². The minimum absolute atomic E-state index is 0.0512. The molecule has 178 valence electrons. The van der Waals surface area contributed by atoms with Crippen molar-refractivity contribution in [3.05, 3.63) is 0 Å². The van der Waals surface area contributed by atoms with Crippen LogP contribution in [0.15, 0.2) is 0 Å². The lowest BCUT2D eigenvalue weighted by atomic mass is 10.2. The van der Waals surface area contributed by atoms with Gasteiger partial charge in [0.05, 0.1) is 13.0 Å². The maximum absolute atomic E-state index is 12.2. The van der Waals surface area contributed by atoms with Gasteiger partial charge in [0.15, 0.2) is 0 Å². The Morgan fingerprint density at radius 3 is 2.03 bits per heavy atom. The molecule has 9 heteroatoms. The van der Waals surface area contributed by atoms with E-state index in [0.717, 1.165) is 71.7 Å². The molecular formula is C22H41N5O4. The number of nitrogens with zero attached hydrogens (tertiary/aromatic N) is 5. The number of piperazine rings is 2. The number of ether oxygens (including phenoxy) is 1. The summed E-state index contributed by atoms with van der Waals surface area (Å²) in [5, 5.41) is 8.81. The summed E-state index contributed by atoms with van der Waals surface area (Å²) < 4.78 is 5.60. The largest absolute Gasteiger partial charge is 0.481 e. The van der Waals surface area contributed by atoms with Gasteiger partial charge in [-0.25, -0.2) is 4.79 Å². The van der Waals surface area contributed by atoms with Gasteiger partial charge < -0.3 is 29.4 Å². The first-order valence-corrected chi connectivity index (χ1v) is 12.1. The van der Waals surface area contributed by atoms with Crippen molar-refractivity contribution >= 4 is 12.1 Å². The Hall–Kier alpha value is -1.42. The number of carbonyl (C=O) groups is 2. The van der Waals surface area contributed by atoms with Gasteiger partial charge in [-0.15, -0.1) is 0 Å². The number of amides is 1. The molecule has 1 atom stereocenters. The van der Waals surface area contributed by atoms with Crippen LogP contribution in [0.2, 0.25) is 0 Å². The molecule has 3 aliphatic heterocycles. The monoisotopic (exact) mass is 439 g/mol. The zero-order valence-corrected chi connectivity index (χ0v) is 19.2. The van der Waals surface area contributed by atoms with Crippen LogP contribution in [0.5, 0.6) is 0 Å². The fourth-order valence-corrected chi connectivity index (χ4v) is 4.78. The molecule has 3 heterocycles. The highest BCUT2D eigenvalue weighted by Gasteiger charge is 2.32. The third kappa shape index (κ3) is 8.21. The Balaban J connectivity index is 1.25. The smallest absolute Gasteiger partial charge is 0.410 e. The molecule has 1 amide bonds. The second-order valence-electron chi connectivity index (χ2n) is 9.13. The molecule has 9 nitrogen and oxygen atoms in total. The first-order valence-electron chi connectivity index (χ1n) is 12.1. The number of hydrogen-bond acceptors (Lipinski definition) is 7. The van der Waals surface area contributed by atoms with Gasteiger partial charge in [-0.1, -0.05) is 6.92 Å². The van der Waals surface area contributed by atoms with E-state index in [4.69, 9.17) is 9.84 Å². The summed E-state index contributed by atoms with van der Waals surface area (Å²) in [4.78, 5) is 34.4. The molecule has 0 aromatic carbocycles. The third-order valence-electron chi connectivity index (χ3n) is 6.68. The van der Waals surface area contributed by atoms with E-state index >= 15 is 0 Å². The van der Waals surface area contributed by atoms with E-state index in [-0.39, 0.29) is 18.6 Å². The standard InChI is InChI=1S/C22H41N5O4/c1-2-6-23-10-12-24(13-11-23)7-3-4-8-27-19-20(31-22(27)30)18-26-16-14-25(15-17-26)9-5-21(28)29/h20H,2-19H2,1H3,(H,28,29). The van der Waals surface area contributed by atoms with Crippen LogP contribution in [-0.2, 0) is 9.53 Å². The maximum atomic E-state index is 12.2. The lowest BCUT2D eigenvalue weighted by Gasteiger charge is -2.35. The molecule has 1 unspecified atom stereocenters. The summed E-state index contributed by atoms with van der Waals surface area (Å²) in [5.74, 6) is -0.741. The summed E-state index contributed by atoms with van der Waals surface area (Å²) in [5.41, 5.74) is 0. The molecule has 0 spiro atoms. The lowest BCUT2D eigenvalue weighted by molar-refractivity contribution is -0.137. The van der Waals surface area contributed by atoms with E-state index in [1.165, 1.54) is 26.1 Å². The van der Waals surface area contributed by atoms with Crippen molar-refractivity contribution in [3.63, 3.8) is 0 Å². The van der Waals surface area contributed by atoms with Crippen LogP contribution in [0.1, 0.15) is 32.6 Å². The van der Waals surface area contributed by atoms with E-state index in [1.54, 1.807) is 0 Å². The molecule has 0 aromatic rings. The molecule has 0 bridgehead atoms. The third-order valence-corrected chi connectivity index (χ3v) is 6.68. The summed E-state index contributed by atoms with van der Waals surface area (Å²) in [6, 6.07) is 0. The van der Waals surface area contributed by atoms with Crippen molar-refractivity contribution in [1.29, 1.82) is 0 Å². The molecule has 0 aliphatic carbocycles. The van der Waals surface area contributed by atoms with E-state index in [0.29, 0.717) is 13.1 Å². The molecule has 0 radical (unpaired) electrons. The fourth-order valence-electron chi connectivity index (χ4n) is 4.78. The molecule has 0 aromatic heterocycles. The maximum Gasteiger partial charge on any atom is 0.410 e. The van der Waals surface area contributed by atoms with Crippen molar-refractivity contribution in [2.75, 3.05) is 91.6 Å². The summed E-state index contributed by atoms with van der Waals surface area (Å²) in [7, 11) is 0. The van der Waals surface area contributed by atoms with E-state index < -0.39 is 5.97 Å². The number of cyclic esters (lactones) is 1. The first-order chi connectivity index (χ1) is 15.0. The van der Waals surface area contributed by atoms with Gasteiger partial charge in [0.1, 0.15) is 6.10 Å². The highest BCUT2D eigenvalue weighted by atomic mass is 16.6. The highest BCUT2D eigenvalue weighted by molar-refractivity contribution is 5.69. The number of carbonyl (C=O) groups excluding carboxylic acids is 1. The van der Waals surface area contributed by atoms with Crippen molar-refractivity contribution in [1.82, 2.24) is 24.5 Å². The van der Waals surface area contributed by atoms with Crippen LogP contribution in [0, 0.1) is 0 Å². The van der Waals surface area contributed by atoms with Crippen LogP contribution in [0.4, 0.5) is 4.79 Å². The van der Waals surface area contributed by atoms with Crippen molar-refractivity contribution in [2.45, 2.75) is 38.7 Å². The molecule has 3 aliphatic rings. The Morgan fingerprint density at radius 1 is 0.871 bits per heavy atom. The number of rotatable bonds is 12. The van der Waals surface area contributed by atoms with Crippen LogP contribution >= 0.6 is 0 Å². The molecule has 31 heavy (non-hydrogen) atoms. The van der Waals surface area contributed by atoms with Gasteiger partial charge in [-0.05, 0) is 32.4 Å². The average molecular weight is 440 g/mol. The van der Waals surface area contributed by atoms with Crippen molar-refractivity contribution in [3.8, 4) is 0 Å². The molecule has 1 N–H and O–H groups in total. The van der Waals surface area contributed by atoms with Gasteiger partial charge in [0.2, 0.25) is 0 Å². The predicted molar refractivity (Wildman–Crippen MR) is 119 cm³/mol. The predicted octanol–water partition coefficient (Wildman–Crippen LogP) is 0.707. The van der Waals surface area contributed by atoms with Gasteiger partial charge in [-0.3, -0.25) is 9.69 Å². The fraction of sp³-hybridized carbons (Fsp3) is 0.909. The number of aliphatic carboxylic acids is 1. The van der Waals surface area contributed by atoms with E-state index in [1.807, 2.05) is 4.90 Å². The van der Waals surface area contributed by atoms with Crippen LogP contribution in [0.3, 0.4) is 0 Å². The molecule has 3 rings (SSSR count). The SMILES string of the molecule is CCCN1CCN(CCCCN2CC(CN3CCN(CCC(=O)O)CC3)OC2=O)CC1. The summed E-state index contributed by atoms with van der Waals surface area (Å²) in [6.07, 6.45) is 3.36. The van der Waals surface area contributed by atoms with Crippen LogP contribution in [0.25, 0.3) is 0 Å². The number of hydrogen-bond donors (Lipinski definition) is 1. The number of carboxylic acid groups (broad SMARTS) is 1. The first kappa shape index (κ1) is 24.2. The molecule has 0 saturated carbocycles. The van der Waals surface area contributed by atoms with Crippen LogP contribution in [-0.4, -0.2) is 139 Å². The second-order valence-corrected chi connectivity index (χ2v) is 9.13. The van der Waals surface area contributed by atoms with Crippen LogP contribution < -0.4 is 0 Å². The Bertz CT molecular complexity index is 562. The molecular weight excluding hydrogens is 398 g/mol. The topological polar surface area (TPSA) is 79.8 Å². The minimum atomic E-state index is -0.741. The second kappa shape index (κ2) is 12.6. The van der Waals surface area contributed by atoms with Gasteiger partial charge in [0.25, 0.3) is 0 Å². The average Bonchev–Trinajstić information content (AvgIpc) is 3.11. The molecule has 3 saturated heterocycles. The zero-order valence-electron chi connectivity index (χ0n) is 19.2. The Kier molecular flexibility index (Phi) is 9.83. The van der Waals surface area contributed by atoms with Crippen molar-refractivity contribution < 1.29 is 19.4 Å². The zero-order chi connectivity index (χ0) is 22.1. The number of carboxylic acids is 1. The highest BCUT2D eigenvalue weighted by Crippen LogP contribution is 2.15. The van der Waals surface area contributed by atoms with Gasteiger partial charge in [0, 0.05) is 72.0 Å². The quantitative estimate of drug-likeness (QED) is 0.446. The summed E-state index contributed by atoms with van der Waals surface area (Å²) >= 11 is 0. The lowest BCUT2D eigenvalue weighted by Crippen LogP contribution is -2.49. The Morgan fingerprint density at radius 2 is 1.42 bits per heavy atom.